The fraction of sp³-hybridized carbons (Fsp3) is 0.385. The number of hydrogen-bond donors (Lipinski definition) is 2. The van der Waals surface area contributed by atoms with E-state index in [0.29, 0.717) is 11.4 Å². The van der Waals surface area contributed by atoms with Crippen molar-refractivity contribution in [3.05, 3.63) is 17.4 Å². The fourth-order valence-corrected chi connectivity index (χ4v) is 2.43. The molecule has 19 heavy (non-hydrogen) atoms. The number of rotatable bonds is 1. The van der Waals surface area contributed by atoms with E-state index in [2.05, 4.69) is 15.2 Å². The maximum atomic E-state index is 8.96. The van der Waals surface area contributed by atoms with Gasteiger partial charge in [-0.3, -0.25) is 0 Å². The Morgan fingerprint density at radius 2 is 2.21 bits per heavy atom. The predicted molar refractivity (Wildman–Crippen MR) is 73.0 cm³/mol. The Morgan fingerprint density at radius 3 is 2.89 bits per heavy atom. The van der Waals surface area contributed by atoms with Gasteiger partial charge < -0.3 is 20.4 Å². The zero-order valence-corrected chi connectivity index (χ0v) is 10.7. The monoisotopic (exact) mass is 257 g/mol. The maximum Gasteiger partial charge on any atom is 0.232 e. The number of piperazine rings is 1. The number of nitrogens with zero attached hydrogens (tertiary/aromatic N) is 3. The maximum absolute atomic E-state index is 8.96. The summed E-state index contributed by atoms with van der Waals surface area (Å²) in [6, 6.07) is 3.96. The van der Waals surface area contributed by atoms with E-state index in [4.69, 9.17) is 15.4 Å². The quantitative estimate of drug-likeness (QED) is 0.792. The average Bonchev–Trinajstić information content (AvgIpc) is 2.76. The SMILES string of the molecule is Cc1cc(N2CCNCC2)nc2oc(C#N)c(N)c12. The lowest BCUT2D eigenvalue weighted by Crippen LogP contribution is -2.43. The first-order valence-corrected chi connectivity index (χ1v) is 6.26. The highest BCUT2D eigenvalue weighted by molar-refractivity contribution is 5.93. The molecule has 0 bridgehead atoms. The van der Waals surface area contributed by atoms with Gasteiger partial charge in [-0.15, -0.1) is 0 Å². The Kier molecular flexibility index (Phi) is 2.76. The molecule has 0 amide bonds. The third-order valence-electron chi connectivity index (χ3n) is 3.43. The van der Waals surface area contributed by atoms with Crippen LogP contribution < -0.4 is 16.0 Å². The molecule has 0 aromatic carbocycles. The van der Waals surface area contributed by atoms with Gasteiger partial charge in [-0.25, -0.2) is 0 Å². The largest absolute Gasteiger partial charge is 0.425 e. The highest BCUT2D eigenvalue weighted by atomic mass is 16.3. The van der Waals surface area contributed by atoms with Crippen molar-refractivity contribution >= 4 is 22.6 Å². The molecule has 0 radical (unpaired) electrons. The molecule has 1 fully saturated rings. The summed E-state index contributed by atoms with van der Waals surface area (Å²) in [6.07, 6.45) is 0. The third-order valence-corrected chi connectivity index (χ3v) is 3.43. The Hall–Kier alpha value is -2.26. The number of nitriles is 1. The second kappa shape index (κ2) is 4.44. The van der Waals surface area contributed by atoms with Crippen molar-refractivity contribution in [3.8, 4) is 6.07 Å². The number of nitrogen functional groups attached to an aromatic ring is 1. The summed E-state index contributed by atoms with van der Waals surface area (Å²) in [7, 11) is 0. The van der Waals surface area contributed by atoms with Crippen LogP contribution in [-0.4, -0.2) is 31.2 Å². The predicted octanol–water partition coefficient (Wildman–Crippen LogP) is 1.000. The number of nitrogens with one attached hydrogen (secondary N) is 1. The van der Waals surface area contributed by atoms with Crippen molar-refractivity contribution in [1.82, 2.24) is 10.3 Å². The van der Waals surface area contributed by atoms with Crippen LogP contribution in [0, 0.1) is 18.3 Å². The molecule has 2 aromatic rings. The highest BCUT2D eigenvalue weighted by Crippen LogP contribution is 2.31. The normalized spacial score (nSPS) is 15.7. The van der Waals surface area contributed by atoms with Gasteiger partial charge in [0, 0.05) is 26.2 Å². The molecule has 0 spiro atoms. The zero-order chi connectivity index (χ0) is 13.4. The topological polar surface area (TPSA) is 91.1 Å². The number of anilines is 2. The molecule has 3 heterocycles. The van der Waals surface area contributed by atoms with Crippen molar-refractivity contribution < 1.29 is 4.42 Å². The summed E-state index contributed by atoms with van der Waals surface area (Å²) in [6.45, 7) is 5.69. The molecule has 6 heteroatoms. The molecule has 0 aliphatic carbocycles. The molecule has 98 valence electrons. The van der Waals surface area contributed by atoms with Crippen LogP contribution in [0.15, 0.2) is 10.5 Å². The number of hydrogen-bond acceptors (Lipinski definition) is 6. The van der Waals surface area contributed by atoms with Gasteiger partial charge >= 0.3 is 0 Å². The van der Waals surface area contributed by atoms with Gasteiger partial charge in [0.05, 0.1) is 11.1 Å². The molecule has 1 saturated heterocycles. The van der Waals surface area contributed by atoms with Crippen molar-refractivity contribution in [3.63, 3.8) is 0 Å². The van der Waals surface area contributed by atoms with Crippen LogP contribution in [0.2, 0.25) is 0 Å². The second-order valence-electron chi connectivity index (χ2n) is 4.67. The summed E-state index contributed by atoms with van der Waals surface area (Å²) in [5.74, 6) is 1.02. The first-order valence-electron chi connectivity index (χ1n) is 6.26. The van der Waals surface area contributed by atoms with Gasteiger partial charge in [0.2, 0.25) is 11.5 Å². The summed E-state index contributed by atoms with van der Waals surface area (Å²) in [5.41, 5.74) is 7.72. The minimum atomic E-state index is 0.142. The van der Waals surface area contributed by atoms with E-state index in [1.54, 1.807) is 0 Å². The van der Waals surface area contributed by atoms with Gasteiger partial charge in [0.15, 0.2) is 0 Å². The molecule has 1 aliphatic heterocycles. The lowest BCUT2D eigenvalue weighted by Gasteiger charge is -2.28. The molecular formula is C13H15N5O. The van der Waals surface area contributed by atoms with Crippen LogP contribution >= 0.6 is 0 Å². The summed E-state index contributed by atoms with van der Waals surface area (Å²) >= 11 is 0. The minimum absolute atomic E-state index is 0.142. The fourth-order valence-electron chi connectivity index (χ4n) is 2.43. The van der Waals surface area contributed by atoms with Crippen molar-refractivity contribution in [2.24, 2.45) is 0 Å². The van der Waals surface area contributed by atoms with Crippen LogP contribution in [0.1, 0.15) is 11.3 Å². The highest BCUT2D eigenvalue weighted by Gasteiger charge is 2.18. The van der Waals surface area contributed by atoms with E-state index in [1.165, 1.54) is 0 Å². The van der Waals surface area contributed by atoms with Crippen LogP contribution in [0.3, 0.4) is 0 Å². The number of aryl methyl sites for hydroxylation is 1. The number of nitrogens with two attached hydrogens (primary N) is 1. The Labute approximate surface area is 110 Å². The molecule has 6 nitrogen and oxygen atoms in total. The molecule has 0 atom stereocenters. The second-order valence-corrected chi connectivity index (χ2v) is 4.67. The van der Waals surface area contributed by atoms with Gasteiger partial charge in [-0.2, -0.15) is 10.2 Å². The zero-order valence-electron chi connectivity index (χ0n) is 10.7. The Bertz CT molecular complexity index is 664. The van der Waals surface area contributed by atoms with Crippen LogP contribution in [-0.2, 0) is 0 Å². The first kappa shape index (κ1) is 11.8. The lowest BCUT2D eigenvalue weighted by atomic mass is 10.1. The van der Waals surface area contributed by atoms with E-state index in [0.717, 1.165) is 42.9 Å². The Morgan fingerprint density at radius 1 is 1.47 bits per heavy atom. The molecule has 3 rings (SSSR count). The van der Waals surface area contributed by atoms with Gasteiger partial charge in [-0.1, -0.05) is 0 Å². The number of aromatic nitrogens is 1. The van der Waals surface area contributed by atoms with Gasteiger partial charge in [0.1, 0.15) is 11.9 Å². The first-order chi connectivity index (χ1) is 9.20. The number of furan rings is 1. The van der Waals surface area contributed by atoms with Crippen molar-refractivity contribution in [2.75, 3.05) is 36.8 Å². The summed E-state index contributed by atoms with van der Waals surface area (Å²) < 4.78 is 5.42. The summed E-state index contributed by atoms with van der Waals surface area (Å²) in [4.78, 5) is 6.69. The van der Waals surface area contributed by atoms with Crippen LogP contribution in [0.5, 0.6) is 0 Å². The van der Waals surface area contributed by atoms with Gasteiger partial charge in [0.25, 0.3) is 0 Å². The van der Waals surface area contributed by atoms with Crippen LogP contribution in [0.25, 0.3) is 11.1 Å². The lowest BCUT2D eigenvalue weighted by molar-refractivity contribution is 0.574. The molecule has 0 unspecified atom stereocenters. The molecular weight excluding hydrogens is 242 g/mol. The van der Waals surface area contributed by atoms with E-state index in [-0.39, 0.29) is 5.76 Å². The van der Waals surface area contributed by atoms with E-state index < -0.39 is 0 Å². The standard InChI is InChI=1S/C13H15N5O/c1-8-6-10(18-4-2-16-3-5-18)17-13-11(8)12(15)9(7-14)19-13/h6,16H,2-5,15H2,1H3. The number of fused-ring (bicyclic) bond motifs is 1. The third kappa shape index (κ3) is 1.88. The van der Waals surface area contributed by atoms with E-state index >= 15 is 0 Å². The van der Waals surface area contributed by atoms with E-state index in [9.17, 15) is 0 Å². The molecule has 2 aromatic heterocycles. The van der Waals surface area contributed by atoms with Crippen molar-refractivity contribution in [2.45, 2.75) is 6.92 Å². The molecule has 0 saturated carbocycles. The molecule has 1 aliphatic rings. The minimum Gasteiger partial charge on any atom is -0.425 e. The molecule has 3 N–H and O–H groups in total. The van der Waals surface area contributed by atoms with Crippen LogP contribution in [0.4, 0.5) is 11.5 Å². The van der Waals surface area contributed by atoms with Crippen molar-refractivity contribution in [1.29, 1.82) is 5.26 Å². The van der Waals surface area contributed by atoms with E-state index in [1.807, 2.05) is 19.1 Å². The Balaban J connectivity index is 2.11. The average molecular weight is 257 g/mol. The van der Waals surface area contributed by atoms with Gasteiger partial charge in [-0.05, 0) is 18.6 Å². The summed E-state index contributed by atoms with van der Waals surface area (Å²) in [5, 5.41) is 13.0. The smallest absolute Gasteiger partial charge is 0.232 e. The number of pyridine rings is 1.